The van der Waals surface area contributed by atoms with E-state index in [1.54, 1.807) is 30.5 Å². The SMILES string of the molecule is CCOc1ccccc1N1CCN(CC(O)CNC(=O)c2cccnc2Nc2ccc(Cl)cc2)CC1. The van der Waals surface area contributed by atoms with Crippen molar-refractivity contribution >= 4 is 34.7 Å². The van der Waals surface area contributed by atoms with Crippen molar-refractivity contribution in [3.8, 4) is 5.75 Å². The third kappa shape index (κ3) is 6.87. The first kappa shape index (κ1) is 25.8. The number of carbonyl (C=O) groups is 1. The van der Waals surface area contributed by atoms with Gasteiger partial charge in [0.25, 0.3) is 5.91 Å². The van der Waals surface area contributed by atoms with Crippen LogP contribution in [0.2, 0.25) is 5.02 Å². The number of hydrogen-bond acceptors (Lipinski definition) is 7. The Balaban J connectivity index is 1.26. The van der Waals surface area contributed by atoms with Crippen molar-refractivity contribution in [2.24, 2.45) is 0 Å². The van der Waals surface area contributed by atoms with E-state index in [1.165, 1.54) is 0 Å². The maximum absolute atomic E-state index is 12.8. The highest BCUT2D eigenvalue weighted by molar-refractivity contribution is 6.30. The molecule has 2 aromatic carbocycles. The Labute approximate surface area is 216 Å². The summed E-state index contributed by atoms with van der Waals surface area (Å²) in [4.78, 5) is 21.7. The van der Waals surface area contributed by atoms with E-state index in [2.05, 4.69) is 31.5 Å². The average Bonchev–Trinajstić information content (AvgIpc) is 2.90. The van der Waals surface area contributed by atoms with Crippen LogP contribution >= 0.6 is 11.6 Å². The fourth-order valence-corrected chi connectivity index (χ4v) is 4.32. The zero-order valence-corrected chi connectivity index (χ0v) is 21.1. The maximum Gasteiger partial charge on any atom is 0.255 e. The van der Waals surface area contributed by atoms with E-state index in [9.17, 15) is 9.90 Å². The summed E-state index contributed by atoms with van der Waals surface area (Å²) in [6.45, 7) is 6.60. The lowest BCUT2D eigenvalue weighted by Gasteiger charge is -2.37. The van der Waals surface area contributed by atoms with Crippen molar-refractivity contribution in [2.75, 3.05) is 56.1 Å². The Morgan fingerprint density at radius 3 is 2.58 bits per heavy atom. The average molecular weight is 510 g/mol. The van der Waals surface area contributed by atoms with Crippen LogP contribution in [0.5, 0.6) is 5.75 Å². The molecule has 1 fully saturated rings. The van der Waals surface area contributed by atoms with Crippen LogP contribution in [0.1, 0.15) is 17.3 Å². The van der Waals surface area contributed by atoms with Gasteiger partial charge < -0.3 is 25.4 Å². The van der Waals surface area contributed by atoms with Gasteiger partial charge in [-0.3, -0.25) is 9.69 Å². The molecule has 0 aliphatic carbocycles. The van der Waals surface area contributed by atoms with Crippen molar-refractivity contribution in [3.63, 3.8) is 0 Å². The quantitative estimate of drug-likeness (QED) is 0.383. The summed E-state index contributed by atoms with van der Waals surface area (Å²) < 4.78 is 5.77. The van der Waals surface area contributed by atoms with Gasteiger partial charge in [-0.1, -0.05) is 23.7 Å². The number of β-amino-alcohol motifs (C(OH)–C–C–N with tert-alkyl or cyclic N) is 1. The van der Waals surface area contributed by atoms with E-state index >= 15 is 0 Å². The summed E-state index contributed by atoms with van der Waals surface area (Å²) in [6.07, 6.45) is 0.941. The van der Waals surface area contributed by atoms with Gasteiger partial charge in [0.15, 0.2) is 0 Å². The Hall–Kier alpha value is -3.33. The summed E-state index contributed by atoms with van der Waals surface area (Å²) in [6, 6.07) is 18.7. The van der Waals surface area contributed by atoms with Gasteiger partial charge in [-0.25, -0.2) is 4.98 Å². The van der Waals surface area contributed by atoms with E-state index in [1.807, 2.05) is 37.3 Å². The van der Waals surface area contributed by atoms with Crippen LogP contribution in [0.15, 0.2) is 66.9 Å². The van der Waals surface area contributed by atoms with Crippen LogP contribution < -0.4 is 20.3 Å². The van der Waals surface area contributed by atoms with Crippen molar-refractivity contribution in [1.82, 2.24) is 15.2 Å². The van der Waals surface area contributed by atoms with Crippen LogP contribution in [-0.2, 0) is 0 Å². The number of carbonyl (C=O) groups excluding carboxylic acids is 1. The number of halogens is 1. The molecule has 1 aromatic heterocycles. The number of aromatic nitrogens is 1. The minimum absolute atomic E-state index is 0.154. The number of para-hydroxylation sites is 2. The van der Waals surface area contributed by atoms with Gasteiger partial charge in [-0.05, 0) is 55.5 Å². The number of benzene rings is 2. The third-order valence-electron chi connectivity index (χ3n) is 6.00. The second-order valence-corrected chi connectivity index (χ2v) is 9.02. The maximum atomic E-state index is 12.8. The highest BCUT2D eigenvalue weighted by Crippen LogP contribution is 2.28. The van der Waals surface area contributed by atoms with Crippen LogP contribution in [0.25, 0.3) is 0 Å². The molecule has 3 N–H and O–H groups in total. The molecule has 8 nitrogen and oxygen atoms in total. The number of nitrogens with one attached hydrogen (secondary N) is 2. The Morgan fingerprint density at radius 1 is 1.08 bits per heavy atom. The predicted octanol–water partition coefficient (Wildman–Crippen LogP) is 3.79. The molecule has 0 bridgehead atoms. The number of amides is 1. The zero-order chi connectivity index (χ0) is 25.3. The summed E-state index contributed by atoms with van der Waals surface area (Å²) in [7, 11) is 0. The van der Waals surface area contributed by atoms with Gasteiger partial charge in [0.1, 0.15) is 11.6 Å². The monoisotopic (exact) mass is 509 g/mol. The molecular formula is C27H32ClN5O3. The lowest BCUT2D eigenvalue weighted by atomic mass is 10.2. The van der Waals surface area contributed by atoms with Crippen LogP contribution in [0, 0.1) is 0 Å². The second kappa shape index (κ2) is 12.6. The van der Waals surface area contributed by atoms with Gasteiger partial charge in [-0.2, -0.15) is 0 Å². The van der Waals surface area contributed by atoms with Crippen LogP contribution in [0.4, 0.5) is 17.2 Å². The molecule has 3 aromatic rings. The summed E-state index contributed by atoms with van der Waals surface area (Å²) in [5.41, 5.74) is 2.28. The molecule has 2 heterocycles. The smallest absolute Gasteiger partial charge is 0.255 e. The molecule has 0 saturated carbocycles. The van der Waals surface area contributed by atoms with E-state index in [4.69, 9.17) is 16.3 Å². The molecule has 1 atom stereocenters. The van der Waals surface area contributed by atoms with Crippen molar-refractivity contribution < 1.29 is 14.6 Å². The number of nitrogens with zero attached hydrogens (tertiary/aromatic N) is 3. The molecule has 36 heavy (non-hydrogen) atoms. The number of aliphatic hydroxyl groups excluding tert-OH is 1. The fraction of sp³-hybridized carbons (Fsp3) is 0.333. The molecule has 1 saturated heterocycles. The second-order valence-electron chi connectivity index (χ2n) is 8.58. The molecule has 190 valence electrons. The molecular weight excluding hydrogens is 478 g/mol. The molecule has 1 aliphatic rings. The summed E-state index contributed by atoms with van der Waals surface area (Å²) in [5.74, 6) is 1.04. The number of hydrogen-bond donors (Lipinski definition) is 3. The van der Waals surface area contributed by atoms with Crippen molar-refractivity contribution in [1.29, 1.82) is 0 Å². The lowest BCUT2D eigenvalue weighted by molar-refractivity contribution is 0.0852. The number of ether oxygens (including phenoxy) is 1. The summed E-state index contributed by atoms with van der Waals surface area (Å²) >= 11 is 5.95. The van der Waals surface area contributed by atoms with Gasteiger partial charge in [-0.15, -0.1) is 0 Å². The molecule has 9 heteroatoms. The Kier molecular flexibility index (Phi) is 9.00. The normalized spacial score (nSPS) is 14.8. The van der Waals surface area contributed by atoms with E-state index in [-0.39, 0.29) is 12.5 Å². The molecule has 0 spiro atoms. The third-order valence-corrected chi connectivity index (χ3v) is 6.26. The molecule has 1 unspecified atom stereocenters. The first-order chi connectivity index (χ1) is 17.5. The highest BCUT2D eigenvalue weighted by Gasteiger charge is 2.22. The molecule has 1 aliphatic heterocycles. The number of piperazine rings is 1. The first-order valence-corrected chi connectivity index (χ1v) is 12.5. The fourth-order valence-electron chi connectivity index (χ4n) is 4.19. The molecule has 4 rings (SSSR count). The minimum atomic E-state index is -0.680. The predicted molar refractivity (Wildman–Crippen MR) is 144 cm³/mol. The summed E-state index contributed by atoms with van der Waals surface area (Å²) in [5, 5.41) is 17.2. The Morgan fingerprint density at radius 2 is 1.83 bits per heavy atom. The number of anilines is 3. The van der Waals surface area contributed by atoms with Crippen LogP contribution in [-0.4, -0.2) is 72.9 Å². The minimum Gasteiger partial charge on any atom is -0.492 e. The van der Waals surface area contributed by atoms with Crippen molar-refractivity contribution in [2.45, 2.75) is 13.0 Å². The number of rotatable bonds is 10. The Bertz CT molecular complexity index is 1140. The first-order valence-electron chi connectivity index (χ1n) is 12.2. The number of aliphatic hydroxyl groups is 1. The van der Waals surface area contributed by atoms with Crippen molar-refractivity contribution in [3.05, 3.63) is 77.4 Å². The standard InChI is InChI=1S/C27H32ClN5O3/c1-2-36-25-8-4-3-7-24(25)33-16-14-32(15-17-33)19-22(34)18-30-27(35)23-6-5-13-29-26(23)31-21-11-9-20(28)10-12-21/h3-13,22,34H,2,14-19H2,1H3,(H,29,31)(H,30,35). The van der Waals surface area contributed by atoms with E-state index < -0.39 is 6.10 Å². The molecule has 1 amide bonds. The van der Waals surface area contributed by atoms with Crippen LogP contribution in [0.3, 0.4) is 0 Å². The van der Waals surface area contributed by atoms with Gasteiger partial charge in [0.2, 0.25) is 0 Å². The highest BCUT2D eigenvalue weighted by atomic mass is 35.5. The van der Waals surface area contributed by atoms with Gasteiger partial charge in [0, 0.05) is 56.2 Å². The van der Waals surface area contributed by atoms with Gasteiger partial charge in [0.05, 0.1) is 24.0 Å². The molecule has 0 radical (unpaired) electrons. The number of pyridine rings is 1. The lowest BCUT2D eigenvalue weighted by Crippen LogP contribution is -2.50. The van der Waals surface area contributed by atoms with Gasteiger partial charge >= 0.3 is 0 Å². The largest absolute Gasteiger partial charge is 0.492 e. The topological polar surface area (TPSA) is 90.0 Å². The van der Waals surface area contributed by atoms with E-state index in [0.717, 1.165) is 43.3 Å². The van der Waals surface area contributed by atoms with E-state index in [0.29, 0.717) is 29.6 Å². The zero-order valence-electron chi connectivity index (χ0n) is 20.4.